The first-order valence-electron chi connectivity index (χ1n) is 8.15. The first kappa shape index (κ1) is 16.0. The van der Waals surface area contributed by atoms with Gasteiger partial charge in [0.05, 0.1) is 19.8 Å². The lowest BCUT2D eigenvalue weighted by Crippen LogP contribution is -2.46. The number of ether oxygens (including phenoxy) is 1. The van der Waals surface area contributed by atoms with Gasteiger partial charge in [0.15, 0.2) is 0 Å². The molecule has 3 rings (SSSR count). The minimum atomic E-state index is -0.0521. The van der Waals surface area contributed by atoms with Crippen molar-refractivity contribution in [2.75, 3.05) is 45.9 Å². The quantitative estimate of drug-likeness (QED) is 0.877. The fourth-order valence-electron chi connectivity index (χ4n) is 3.15. The number of rotatable bonds is 3. The third-order valence-corrected chi connectivity index (χ3v) is 4.43. The maximum Gasteiger partial charge on any atom is 0.236 e. The van der Waals surface area contributed by atoms with Crippen molar-refractivity contribution in [3.63, 3.8) is 0 Å². The molecular formula is C17H23N3O3. The Labute approximate surface area is 136 Å². The Hall–Kier alpha value is -1.92. The van der Waals surface area contributed by atoms with Gasteiger partial charge in [0, 0.05) is 38.6 Å². The molecule has 23 heavy (non-hydrogen) atoms. The summed E-state index contributed by atoms with van der Waals surface area (Å²) >= 11 is 0. The third kappa shape index (κ3) is 4.09. The van der Waals surface area contributed by atoms with Gasteiger partial charge in [-0.1, -0.05) is 30.3 Å². The number of amides is 2. The number of carbonyl (C=O) groups is 2. The Morgan fingerprint density at radius 1 is 1.17 bits per heavy atom. The van der Waals surface area contributed by atoms with Gasteiger partial charge in [-0.25, -0.2) is 0 Å². The number of nitrogens with one attached hydrogen (secondary N) is 1. The van der Waals surface area contributed by atoms with Gasteiger partial charge < -0.3 is 15.0 Å². The first-order chi connectivity index (χ1) is 11.2. The molecule has 1 atom stereocenters. The molecule has 0 spiro atoms. The van der Waals surface area contributed by atoms with Crippen molar-refractivity contribution >= 4 is 11.8 Å². The zero-order valence-corrected chi connectivity index (χ0v) is 13.2. The van der Waals surface area contributed by atoms with E-state index in [1.165, 1.54) is 0 Å². The molecule has 2 saturated heterocycles. The summed E-state index contributed by atoms with van der Waals surface area (Å²) < 4.78 is 5.30. The van der Waals surface area contributed by atoms with E-state index in [-0.39, 0.29) is 17.9 Å². The van der Waals surface area contributed by atoms with Crippen molar-refractivity contribution in [2.24, 2.45) is 0 Å². The fourth-order valence-corrected chi connectivity index (χ4v) is 3.15. The van der Waals surface area contributed by atoms with Crippen molar-refractivity contribution in [1.82, 2.24) is 15.1 Å². The van der Waals surface area contributed by atoms with Crippen LogP contribution in [0.25, 0.3) is 0 Å². The first-order valence-corrected chi connectivity index (χ1v) is 8.15. The number of benzene rings is 1. The van der Waals surface area contributed by atoms with Crippen LogP contribution in [0, 0.1) is 0 Å². The molecular weight excluding hydrogens is 294 g/mol. The maximum absolute atomic E-state index is 12.6. The highest BCUT2D eigenvalue weighted by atomic mass is 16.5. The second kappa shape index (κ2) is 7.57. The summed E-state index contributed by atoms with van der Waals surface area (Å²) in [5.74, 6) is 0.156. The SMILES string of the molecule is O=C1C[C@@H](c2ccccc2)N(CC(=O)N2CCOCC2)CCN1. The number of nitrogens with zero attached hydrogens (tertiary/aromatic N) is 2. The van der Waals surface area contributed by atoms with Gasteiger partial charge in [-0.3, -0.25) is 14.5 Å². The number of hydrogen-bond acceptors (Lipinski definition) is 4. The summed E-state index contributed by atoms with van der Waals surface area (Å²) in [5.41, 5.74) is 1.08. The van der Waals surface area contributed by atoms with E-state index in [4.69, 9.17) is 4.74 Å². The number of morpholine rings is 1. The Kier molecular flexibility index (Phi) is 5.25. The van der Waals surface area contributed by atoms with Crippen molar-refractivity contribution < 1.29 is 14.3 Å². The van der Waals surface area contributed by atoms with Gasteiger partial charge >= 0.3 is 0 Å². The van der Waals surface area contributed by atoms with E-state index in [1.807, 2.05) is 35.2 Å². The molecule has 6 heteroatoms. The highest BCUT2D eigenvalue weighted by molar-refractivity contribution is 5.79. The minimum absolute atomic E-state index is 0.0418. The van der Waals surface area contributed by atoms with Crippen molar-refractivity contribution in [3.05, 3.63) is 35.9 Å². The van der Waals surface area contributed by atoms with Crippen LogP contribution in [0.4, 0.5) is 0 Å². The Morgan fingerprint density at radius 3 is 2.65 bits per heavy atom. The van der Waals surface area contributed by atoms with Crippen LogP contribution in [0.1, 0.15) is 18.0 Å². The van der Waals surface area contributed by atoms with E-state index >= 15 is 0 Å². The topological polar surface area (TPSA) is 61.9 Å². The smallest absolute Gasteiger partial charge is 0.236 e. The summed E-state index contributed by atoms with van der Waals surface area (Å²) in [6.07, 6.45) is 0.389. The van der Waals surface area contributed by atoms with E-state index in [1.54, 1.807) is 0 Å². The molecule has 2 aliphatic heterocycles. The molecule has 6 nitrogen and oxygen atoms in total. The molecule has 1 aromatic rings. The predicted molar refractivity (Wildman–Crippen MR) is 85.8 cm³/mol. The maximum atomic E-state index is 12.6. The normalized spacial score (nSPS) is 23.2. The third-order valence-electron chi connectivity index (χ3n) is 4.43. The van der Waals surface area contributed by atoms with Crippen molar-refractivity contribution in [1.29, 1.82) is 0 Å². The van der Waals surface area contributed by atoms with Crippen LogP contribution in [-0.4, -0.2) is 67.6 Å². The van der Waals surface area contributed by atoms with Crippen LogP contribution in [0.5, 0.6) is 0 Å². The highest BCUT2D eigenvalue weighted by Gasteiger charge is 2.29. The molecule has 124 valence electrons. The van der Waals surface area contributed by atoms with E-state index in [2.05, 4.69) is 10.2 Å². The van der Waals surface area contributed by atoms with Gasteiger partial charge in [-0.05, 0) is 5.56 Å². The highest BCUT2D eigenvalue weighted by Crippen LogP contribution is 2.25. The van der Waals surface area contributed by atoms with Gasteiger partial charge in [0.2, 0.25) is 11.8 Å². The molecule has 0 radical (unpaired) electrons. The second-order valence-corrected chi connectivity index (χ2v) is 5.94. The van der Waals surface area contributed by atoms with E-state index in [0.717, 1.165) is 5.56 Å². The molecule has 2 heterocycles. The second-order valence-electron chi connectivity index (χ2n) is 5.94. The monoisotopic (exact) mass is 317 g/mol. The van der Waals surface area contributed by atoms with E-state index in [9.17, 15) is 9.59 Å². The number of hydrogen-bond donors (Lipinski definition) is 1. The summed E-state index contributed by atoms with van der Waals surface area (Å²) in [5, 5.41) is 2.90. The van der Waals surface area contributed by atoms with Crippen molar-refractivity contribution in [2.45, 2.75) is 12.5 Å². The molecule has 0 bridgehead atoms. The number of carbonyl (C=O) groups excluding carboxylic acids is 2. The van der Waals surface area contributed by atoms with E-state index < -0.39 is 0 Å². The van der Waals surface area contributed by atoms with Crippen LogP contribution in [-0.2, 0) is 14.3 Å². The van der Waals surface area contributed by atoms with Crippen LogP contribution < -0.4 is 5.32 Å². The van der Waals surface area contributed by atoms with Gasteiger partial charge in [-0.15, -0.1) is 0 Å². The predicted octanol–water partition coefficient (Wildman–Crippen LogP) is 0.408. The van der Waals surface area contributed by atoms with E-state index in [0.29, 0.717) is 52.4 Å². The van der Waals surface area contributed by atoms with Gasteiger partial charge in [0.25, 0.3) is 0 Å². The summed E-state index contributed by atoms with van der Waals surface area (Å²) in [4.78, 5) is 28.5. The minimum Gasteiger partial charge on any atom is -0.378 e. The lowest BCUT2D eigenvalue weighted by Gasteiger charge is -2.33. The lowest BCUT2D eigenvalue weighted by atomic mass is 10.0. The average molecular weight is 317 g/mol. The molecule has 1 aromatic carbocycles. The zero-order chi connectivity index (χ0) is 16.1. The average Bonchev–Trinajstić information content (AvgIpc) is 2.78. The van der Waals surface area contributed by atoms with Crippen LogP contribution >= 0.6 is 0 Å². The van der Waals surface area contributed by atoms with Gasteiger partial charge in [0.1, 0.15) is 0 Å². The summed E-state index contributed by atoms with van der Waals surface area (Å²) in [6.45, 7) is 4.12. The van der Waals surface area contributed by atoms with Crippen LogP contribution in [0.15, 0.2) is 30.3 Å². The molecule has 0 aliphatic carbocycles. The molecule has 0 saturated carbocycles. The van der Waals surface area contributed by atoms with Gasteiger partial charge in [-0.2, -0.15) is 0 Å². The summed E-state index contributed by atoms with van der Waals surface area (Å²) in [6, 6.07) is 9.90. The summed E-state index contributed by atoms with van der Waals surface area (Å²) in [7, 11) is 0. The zero-order valence-electron chi connectivity index (χ0n) is 13.2. The molecule has 0 unspecified atom stereocenters. The Balaban J connectivity index is 1.73. The molecule has 2 fully saturated rings. The largest absolute Gasteiger partial charge is 0.378 e. The Morgan fingerprint density at radius 2 is 1.91 bits per heavy atom. The molecule has 2 aliphatic rings. The molecule has 1 N–H and O–H groups in total. The standard InChI is InChI=1S/C17H23N3O3/c21-16-12-15(14-4-2-1-3-5-14)20(7-6-18-16)13-17(22)19-8-10-23-11-9-19/h1-5,15H,6-13H2,(H,18,21)/t15-/m0/s1. The van der Waals surface area contributed by atoms with Crippen LogP contribution in [0.2, 0.25) is 0 Å². The van der Waals surface area contributed by atoms with Crippen LogP contribution in [0.3, 0.4) is 0 Å². The molecule has 2 amide bonds. The van der Waals surface area contributed by atoms with Crippen molar-refractivity contribution in [3.8, 4) is 0 Å². The fraction of sp³-hybridized carbons (Fsp3) is 0.529. The Bertz CT molecular complexity index is 543. The molecule has 0 aromatic heterocycles. The lowest BCUT2D eigenvalue weighted by molar-refractivity contribution is -0.137.